The predicted molar refractivity (Wildman–Crippen MR) is 51.8 cm³/mol. The molecular formula is C9H17N3O2. The molecule has 0 bridgehead atoms. The second-order valence-corrected chi connectivity index (χ2v) is 3.11. The minimum absolute atomic E-state index is 0.125. The van der Waals surface area contributed by atoms with Gasteiger partial charge in [0.15, 0.2) is 0 Å². The third kappa shape index (κ3) is 2.30. The minimum Gasteiger partial charge on any atom is -0.421 e. The van der Waals surface area contributed by atoms with Crippen LogP contribution in [-0.2, 0) is 4.74 Å². The zero-order chi connectivity index (χ0) is 10.6. The zero-order valence-corrected chi connectivity index (χ0v) is 9.07. The molecule has 1 N–H and O–H groups in total. The molecule has 2 atom stereocenters. The maximum Gasteiger partial charge on any atom is 0.244 e. The van der Waals surface area contributed by atoms with E-state index in [1.165, 1.54) is 0 Å². The third-order valence-corrected chi connectivity index (χ3v) is 2.21. The molecule has 0 aliphatic carbocycles. The van der Waals surface area contributed by atoms with E-state index < -0.39 is 0 Å². The number of ether oxygens (including phenoxy) is 1. The van der Waals surface area contributed by atoms with E-state index in [0.29, 0.717) is 11.8 Å². The van der Waals surface area contributed by atoms with Gasteiger partial charge in [0.25, 0.3) is 0 Å². The molecule has 0 spiro atoms. The van der Waals surface area contributed by atoms with Gasteiger partial charge in [0.2, 0.25) is 11.8 Å². The van der Waals surface area contributed by atoms with Crippen LogP contribution in [-0.4, -0.2) is 24.4 Å². The predicted octanol–water partition coefficient (Wildman–Crippen LogP) is 1.45. The average molecular weight is 199 g/mol. The first-order valence-electron chi connectivity index (χ1n) is 4.76. The second-order valence-electron chi connectivity index (χ2n) is 3.11. The van der Waals surface area contributed by atoms with Crippen LogP contribution >= 0.6 is 0 Å². The molecule has 0 aromatic carbocycles. The Hall–Kier alpha value is -0.940. The summed E-state index contributed by atoms with van der Waals surface area (Å²) in [6.07, 6.45) is 0.769. The van der Waals surface area contributed by atoms with Crippen molar-refractivity contribution in [3.8, 4) is 0 Å². The Morgan fingerprint density at radius 2 is 2.07 bits per heavy atom. The Kier molecular flexibility index (Phi) is 4.03. The van der Waals surface area contributed by atoms with Crippen LogP contribution in [0.5, 0.6) is 0 Å². The highest BCUT2D eigenvalue weighted by Crippen LogP contribution is 2.19. The molecule has 0 saturated heterocycles. The molecule has 2 unspecified atom stereocenters. The highest BCUT2D eigenvalue weighted by Gasteiger charge is 2.17. The number of methoxy groups -OCH3 is 1. The van der Waals surface area contributed by atoms with Gasteiger partial charge in [0.05, 0.1) is 6.04 Å². The molecule has 0 saturated carbocycles. The molecule has 0 radical (unpaired) electrons. The number of hydrogen-bond donors (Lipinski definition) is 1. The van der Waals surface area contributed by atoms with Gasteiger partial charge >= 0.3 is 0 Å². The van der Waals surface area contributed by atoms with Gasteiger partial charge in [-0.15, -0.1) is 10.2 Å². The fourth-order valence-corrected chi connectivity index (χ4v) is 1.15. The van der Waals surface area contributed by atoms with Crippen molar-refractivity contribution in [2.75, 3.05) is 14.2 Å². The monoisotopic (exact) mass is 199 g/mol. The normalized spacial score (nSPS) is 15.4. The minimum atomic E-state index is -0.148. The zero-order valence-electron chi connectivity index (χ0n) is 9.07. The number of nitrogens with zero attached hydrogens (tertiary/aromatic N) is 2. The number of rotatable bonds is 5. The highest BCUT2D eigenvalue weighted by molar-refractivity contribution is 4.90. The lowest BCUT2D eigenvalue weighted by molar-refractivity contribution is 0.0928. The lowest BCUT2D eigenvalue weighted by Gasteiger charge is -2.07. The number of aromatic nitrogens is 2. The highest BCUT2D eigenvalue weighted by atomic mass is 16.5. The Balaban J connectivity index is 2.76. The molecule has 1 rings (SSSR count). The molecule has 0 aliphatic heterocycles. The Bertz CT molecular complexity index is 271. The van der Waals surface area contributed by atoms with Crippen molar-refractivity contribution in [3.05, 3.63) is 11.8 Å². The average Bonchev–Trinajstić information content (AvgIpc) is 2.68. The standard InChI is InChI=1S/C9H17N3O2/c1-5-7(10-3)9-12-11-8(14-9)6(2)13-4/h6-7,10H,5H2,1-4H3. The van der Waals surface area contributed by atoms with Gasteiger partial charge in [-0.05, 0) is 20.4 Å². The van der Waals surface area contributed by atoms with Gasteiger partial charge in [-0.2, -0.15) is 0 Å². The molecule has 5 heteroatoms. The van der Waals surface area contributed by atoms with Gasteiger partial charge in [-0.1, -0.05) is 6.92 Å². The van der Waals surface area contributed by atoms with Crippen molar-refractivity contribution in [3.63, 3.8) is 0 Å². The molecule has 0 fully saturated rings. The van der Waals surface area contributed by atoms with Crippen molar-refractivity contribution in [2.24, 2.45) is 0 Å². The molecule has 0 amide bonds. The van der Waals surface area contributed by atoms with E-state index in [1.807, 2.05) is 14.0 Å². The molecule has 1 heterocycles. The summed E-state index contributed by atoms with van der Waals surface area (Å²) < 4.78 is 10.6. The van der Waals surface area contributed by atoms with E-state index in [2.05, 4.69) is 22.4 Å². The second kappa shape index (κ2) is 5.07. The maximum atomic E-state index is 5.47. The van der Waals surface area contributed by atoms with Crippen LogP contribution in [0.4, 0.5) is 0 Å². The van der Waals surface area contributed by atoms with Crippen molar-refractivity contribution in [1.82, 2.24) is 15.5 Å². The summed E-state index contributed by atoms with van der Waals surface area (Å²) in [6, 6.07) is 0.125. The van der Waals surface area contributed by atoms with Gasteiger partial charge in [-0.25, -0.2) is 0 Å². The maximum absolute atomic E-state index is 5.47. The first-order chi connectivity index (χ1) is 6.72. The van der Waals surface area contributed by atoms with Gasteiger partial charge < -0.3 is 14.5 Å². The van der Waals surface area contributed by atoms with Crippen LogP contribution in [0, 0.1) is 0 Å². The van der Waals surface area contributed by atoms with Crippen molar-refractivity contribution < 1.29 is 9.15 Å². The summed E-state index contributed by atoms with van der Waals surface area (Å²) in [6.45, 7) is 3.93. The smallest absolute Gasteiger partial charge is 0.244 e. The quantitative estimate of drug-likeness (QED) is 0.777. The Labute approximate surface area is 83.9 Å². The van der Waals surface area contributed by atoms with Crippen LogP contribution < -0.4 is 5.32 Å². The van der Waals surface area contributed by atoms with Crippen LogP contribution in [0.2, 0.25) is 0 Å². The first kappa shape index (κ1) is 11.1. The van der Waals surface area contributed by atoms with E-state index in [1.54, 1.807) is 7.11 Å². The first-order valence-corrected chi connectivity index (χ1v) is 4.76. The molecule has 80 valence electrons. The molecular weight excluding hydrogens is 182 g/mol. The van der Waals surface area contributed by atoms with Crippen LogP contribution in [0.3, 0.4) is 0 Å². The fraction of sp³-hybridized carbons (Fsp3) is 0.778. The van der Waals surface area contributed by atoms with E-state index >= 15 is 0 Å². The lowest BCUT2D eigenvalue weighted by Crippen LogP contribution is -2.15. The van der Waals surface area contributed by atoms with Crippen molar-refractivity contribution >= 4 is 0 Å². The van der Waals surface area contributed by atoms with E-state index in [0.717, 1.165) is 6.42 Å². The lowest BCUT2D eigenvalue weighted by atomic mass is 10.2. The van der Waals surface area contributed by atoms with E-state index in [-0.39, 0.29) is 12.1 Å². The largest absolute Gasteiger partial charge is 0.421 e. The molecule has 5 nitrogen and oxygen atoms in total. The summed E-state index contributed by atoms with van der Waals surface area (Å²) in [7, 11) is 3.49. The van der Waals surface area contributed by atoms with Crippen molar-refractivity contribution in [2.45, 2.75) is 32.4 Å². The van der Waals surface area contributed by atoms with Crippen LogP contribution in [0.25, 0.3) is 0 Å². The summed E-state index contributed by atoms with van der Waals surface area (Å²) >= 11 is 0. The summed E-state index contributed by atoms with van der Waals surface area (Å²) in [5.41, 5.74) is 0. The van der Waals surface area contributed by atoms with Crippen LogP contribution in [0.1, 0.15) is 44.2 Å². The fourth-order valence-electron chi connectivity index (χ4n) is 1.15. The van der Waals surface area contributed by atoms with E-state index in [4.69, 9.17) is 9.15 Å². The van der Waals surface area contributed by atoms with Gasteiger partial charge in [0.1, 0.15) is 6.10 Å². The van der Waals surface area contributed by atoms with Gasteiger partial charge in [-0.3, -0.25) is 0 Å². The topological polar surface area (TPSA) is 60.2 Å². The number of nitrogens with one attached hydrogen (secondary N) is 1. The summed E-state index contributed by atoms with van der Waals surface area (Å²) in [4.78, 5) is 0. The van der Waals surface area contributed by atoms with E-state index in [9.17, 15) is 0 Å². The molecule has 1 aromatic heterocycles. The van der Waals surface area contributed by atoms with Crippen LogP contribution in [0.15, 0.2) is 4.42 Å². The number of hydrogen-bond acceptors (Lipinski definition) is 5. The van der Waals surface area contributed by atoms with Crippen molar-refractivity contribution in [1.29, 1.82) is 0 Å². The summed E-state index contributed by atoms with van der Waals surface area (Å²) in [5, 5.41) is 11.0. The SMILES string of the molecule is CCC(NC)c1nnc(C(C)OC)o1. The third-order valence-electron chi connectivity index (χ3n) is 2.21. The Morgan fingerprint density at radius 1 is 1.43 bits per heavy atom. The molecule has 14 heavy (non-hydrogen) atoms. The Morgan fingerprint density at radius 3 is 2.57 bits per heavy atom. The summed E-state index contributed by atoms with van der Waals surface area (Å²) in [5.74, 6) is 1.14. The molecule has 1 aromatic rings. The molecule has 0 aliphatic rings. The van der Waals surface area contributed by atoms with Gasteiger partial charge in [0, 0.05) is 7.11 Å².